The van der Waals surface area contributed by atoms with Crippen LogP contribution < -0.4 is 21.5 Å². The number of rotatable bonds is 10. The van der Waals surface area contributed by atoms with Crippen LogP contribution in [0.1, 0.15) is 71.8 Å². The molecule has 0 unspecified atom stereocenters. The van der Waals surface area contributed by atoms with Crippen molar-refractivity contribution < 1.29 is 28.2 Å². The molecular weight excluding hydrogens is 648 g/mol. The van der Waals surface area contributed by atoms with Crippen molar-refractivity contribution in [3.05, 3.63) is 74.4 Å². The Balaban J connectivity index is 1.39. The molecule has 2 atom stereocenters. The van der Waals surface area contributed by atoms with Crippen LogP contribution in [0, 0.1) is 17.6 Å². The van der Waals surface area contributed by atoms with Crippen LogP contribution in [0.4, 0.5) is 14.5 Å². The fourth-order valence-electron chi connectivity index (χ4n) is 6.02. The molecule has 3 aliphatic rings. The standard InChI is InChI=1S/C33H34BrF2N5O4/c1-32(31(38)43)8-7-20-22(32)12-27(41-29(20)21-11-23(34)25(36)13-24(21)35)33(44,18-3-4-18)15-40-30(42)16-9-17(14-39-19-5-6-19)28(37)26(10-16)45-2/h9-14,18-19,44H,3-8,15,37H2,1-2H3,(H2,38,43)(H,40,42)/t32-,33+/m0/s1. The number of methoxy groups -OCH3 is 1. The van der Waals surface area contributed by atoms with Crippen LogP contribution >= 0.6 is 15.9 Å². The summed E-state index contributed by atoms with van der Waals surface area (Å²) in [4.78, 5) is 35.4. The van der Waals surface area contributed by atoms with E-state index in [9.17, 15) is 19.1 Å². The number of ether oxygens (including phenoxy) is 1. The Morgan fingerprint density at radius 2 is 1.93 bits per heavy atom. The second kappa shape index (κ2) is 11.5. The van der Waals surface area contributed by atoms with Gasteiger partial charge >= 0.3 is 0 Å². The molecule has 1 aromatic heterocycles. The van der Waals surface area contributed by atoms with Crippen molar-refractivity contribution in [3.8, 4) is 17.0 Å². The van der Waals surface area contributed by atoms with Gasteiger partial charge in [0.25, 0.3) is 5.91 Å². The molecular formula is C33H34BrF2N5O4. The fourth-order valence-corrected chi connectivity index (χ4v) is 6.36. The summed E-state index contributed by atoms with van der Waals surface area (Å²) in [7, 11) is 1.46. The Morgan fingerprint density at radius 1 is 1.20 bits per heavy atom. The first-order valence-electron chi connectivity index (χ1n) is 14.9. The van der Waals surface area contributed by atoms with Gasteiger partial charge in [0.2, 0.25) is 5.91 Å². The van der Waals surface area contributed by atoms with Crippen molar-refractivity contribution in [2.24, 2.45) is 16.6 Å². The lowest BCUT2D eigenvalue weighted by Crippen LogP contribution is -2.44. The largest absolute Gasteiger partial charge is 0.495 e. The third kappa shape index (κ3) is 5.69. The molecule has 6 rings (SSSR count). The van der Waals surface area contributed by atoms with Crippen molar-refractivity contribution >= 4 is 39.6 Å². The first-order chi connectivity index (χ1) is 21.4. The molecule has 2 amide bonds. The van der Waals surface area contributed by atoms with E-state index >= 15 is 4.39 Å². The fraction of sp³-hybridized carbons (Fsp3) is 0.394. The average Bonchev–Trinajstić information content (AvgIpc) is 3.95. The summed E-state index contributed by atoms with van der Waals surface area (Å²) in [6.07, 6.45) is 5.75. The van der Waals surface area contributed by atoms with Crippen LogP contribution in [-0.4, -0.2) is 47.8 Å². The maximum absolute atomic E-state index is 15.3. The van der Waals surface area contributed by atoms with E-state index in [1.807, 2.05) is 0 Å². The number of carbonyl (C=O) groups is 2. The lowest BCUT2D eigenvalue weighted by Gasteiger charge is -2.31. The van der Waals surface area contributed by atoms with E-state index in [0.717, 1.165) is 18.9 Å². The van der Waals surface area contributed by atoms with Gasteiger partial charge in [-0.05, 0) is 103 Å². The molecule has 0 spiro atoms. The van der Waals surface area contributed by atoms with Crippen LogP contribution in [0.15, 0.2) is 39.8 Å². The highest BCUT2D eigenvalue weighted by atomic mass is 79.9. The molecule has 0 saturated heterocycles. The van der Waals surface area contributed by atoms with Gasteiger partial charge in [-0.3, -0.25) is 14.6 Å². The van der Waals surface area contributed by atoms with E-state index < -0.39 is 34.5 Å². The molecule has 3 aromatic rings. The van der Waals surface area contributed by atoms with Crippen LogP contribution in [-0.2, 0) is 22.2 Å². The minimum atomic E-state index is -1.66. The highest BCUT2D eigenvalue weighted by Gasteiger charge is 2.49. The summed E-state index contributed by atoms with van der Waals surface area (Å²) >= 11 is 3.13. The first kappa shape index (κ1) is 31.1. The van der Waals surface area contributed by atoms with Gasteiger partial charge < -0.3 is 26.6 Å². The number of pyridine rings is 1. The maximum Gasteiger partial charge on any atom is 0.251 e. The number of hydrogen-bond acceptors (Lipinski definition) is 7. The SMILES string of the molecule is COc1cc(C(=O)NC[C@](O)(c2cc3c(c(-c4cc(Br)c(F)cc4F)n2)CC[C@]3(C)C(N)=O)C2CC2)cc(C=NC2CC2)c1N. The molecule has 45 heavy (non-hydrogen) atoms. The van der Waals surface area contributed by atoms with Gasteiger partial charge in [0.1, 0.15) is 23.0 Å². The van der Waals surface area contributed by atoms with E-state index in [-0.39, 0.29) is 45.5 Å². The second-order valence-corrected chi connectivity index (χ2v) is 13.3. The Kier molecular flexibility index (Phi) is 7.93. The van der Waals surface area contributed by atoms with Gasteiger partial charge in [0.15, 0.2) is 0 Å². The smallest absolute Gasteiger partial charge is 0.251 e. The van der Waals surface area contributed by atoms with Crippen LogP contribution in [0.2, 0.25) is 0 Å². The summed E-state index contributed by atoms with van der Waals surface area (Å²) in [5, 5.41) is 15.1. The number of nitrogens with two attached hydrogens (primary N) is 2. The van der Waals surface area contributed by atoms with Crippen molar-refractivity contribution in [2.75, 3.05) is 19.4 Å². The van der Waals surface area contributed by atoms with Crippen LogP contribution in [0.25, 0.3) is 11.3 Å². The van der Waals surface area contributed by atoms with E-state index in [0.29, 0.717) is 53.8 Å². The van der Waals surface area contributed by atoms with E-state index in [1.54, 1.807) is 25.3 Å². The Bertz CT molecular complexity index is 1760. The lowest BCUT2D eigenvalue weighted by molar-refractivity contribution is -0.122. The Labute approximate surface area is 267 Å². The predicted molar refractivity (Wildman–Crippen MR) is 169 cm³/mol. The summed E-state index contributed by atoms with van der Waals surface area (Å²) in [5.41, 5.74) is 12.0. The average molecular weight is 683 g/mol. The van der Waals surface area contributed by atoms with Crippen LogP contribution in [0.5, 0.6) is 5.75 Å². The number of amides is 2. The predicted octanol–water partition coefficient (Wildman–Crippen LogP) is 4.68. The third-order valence-electron chi connectivity index (χ3n) is 9.24. The number of aromatic nitrogens is 1. The van der Waals surface area contributed by atoms with Crippen molar-refractivity contribution in [1.29, 1.82) is 0 Å². The number of fused-ring (bicyclic) bond motifs is 1. The van der Waals surface area contributed by atoms with E-state index in [4.69, 9.17) is 21.2 Å². The molecule has 2 fully saturated rings. The topological polar surface area (TPSA) is 153 Å². The van der Waals surface area contributed by atoms with E-state index in [2.05, 4.69) is 26.2 Å². The number of benzene rings is 2. The third-order valence-corrected chi connectivity index (χ3v) is 9.85. The number of primary amides is 1. The molecule has 1 heterocycles. The summed E-state index contributed by atoms with van der Waals surface area (Å²) < 4.78 is 34.9. The molecule has 0 bridgehead atoms. The van der Waals surface area contributed by atoms with Gasteiger partial charge in [-0.1, -0.05) is 0 Å². The number of anilines is 1. The van der Waals surface area contributed by atoms with E-state index in [1.165, 1.54) is 19.2 Å². The van der Waals surface area contributed by atoms with Crippen molar-refractivity contribution in [3.63, 3.8) is 0 Å². The number of hydrogen-bond donors (Lipinski definition) is 4. The molecule has 0 radical (unpaired) electrons. The van der Waals surface area contributed by atoms with Crippen molar-refractivity contribution in [1.82, 2.24) is 10.3 Å². The molecule has 3 aliphatic carbocycles. The van der Waals surface area contributed by atoms with Crippen LogP contribution in [0.3, 0.4) is 0 Å². The minimum absolute atomic E-state index is 0.0200. The number of nitrogen functional groups attached to an aromatic ring is 1. The molecule has 6 N–H and O–H groups in total. The number of nitrogens with one attached hydrogen (secondary N) is 1. The molecule has 2 aromatic carbocycles. The Morgan fingerprint density at radius 3 is 2.58 bits per heavy atom. The zero-order valence-electron chi connectivity index (χ0n) is 24.9. The number of halogens is 3. The molecule has 0 aliphatic heterocycles. The van der Waals surface area contributed by atoms with Gasteiger partial charge in [-0.25, -0.2) is 13.8 Å². The second-order valence-electron chi connectivity index (χ2n) is 12.4. The molecule has 2 saturated carbocycles. The zero-order valence-corrected chi connectivity index (χ0v) is 26.5. The molecule has 12 heteroatoms. The lowest BCUT2D eigenvalue weighted by atomic mass is 9.81. The number of nitrogens with zero attached hydrogens (tertiary/aromatic N) is 2. The highest BCUT2D eigenvalue weighted by Crippen LogP contribution is 2.49. The quantitative estimate of drug-likeness (QED) is 0.139. The minimum Gasteiger partial charge on any atom is -0.495 e. The Hall–Kier alpha value is -3.90. The van der Waals surface area contributed by atoms with Gasteiger partial charge in [0, 0.05) is 29.0 Å². The van der Waals surface area contributed by atoms with Gasteiger partial charge in [-0.2, -0.15) is 0 Å². The number of aliphatic hydroxyl groups is 1. The monoisotopic (exact) mass is 681 g/mol. The number of aliphatic imine (C=N–C) groups is 1. The van der Waals surface area contributed by atoms with Gasteiger partial charge in [-0.15, -0.1) is 0 Å². The molecule has 9 nitrogen and oxygen atoms in total. The summed E-state index contributed by atoms with van der Waals surface area (Å²) in [5.74, 6) is -2.59. The first-order valence-corrected chi connectivity index (χ1v) is 15.7. The summed E-state index contributed by atoms with van der Waals surface area (Å²) in [6, 6.07) is 7.11. The van der Waals surface area contributed by atoms with Gasteiger partial charge in [0.05, 0.1) is 46.7 Å². The maximum atomic E-state index is 15.3. The zero-order chi connectivity index (χ0) is 32.3. The summed E-state index contributed by atoms with van der Waals surface area (Å²) in [6.45, 7) is 1.49. The van der Waals surface area contributed by atoms with Crippen molar-refractivity contribution in [2.45, 2.75) is 62.5 Å². The highest BCUT2D eigenvalue weighted by molar-refractivity contribution is 9.10. The number of carbonyl (C=O) groups excluding carboxylic acids is 2. The molecule has 236 valence electrons. The normalized spacial score (nSPS) is 20.6.